The minimum absolute atomic E-state index is 0.0891. The molecule has 2 N–H and O–H groups in total. The van der Waals surface area contributed by atoms with Gasteiger partial charge in [-0.3, -0.25) is 14.5 Å². The fourth-order valence-corrected chi connectivity index (χ4v) is 4.09. The zero-order valence-electron chi connectivity index (χ0n) is 13.2. The molecule has 2 atom stereocenters. The van der Waals surface area contributed by atoms with E-state index in [1.54, 1.807) is 18.2 Å². The molecule has 0 aliphatic carbocycles. The number of aliphatic hydroxyl groups excluding tert-OH is 1. The molecule has 25 heavy (non-hydrogen) atoms. The predicted octanol–water partition coefficient (Wildman–Crippen LogP) is 1.16. The van der Waals surface area contributed by atoms with Crippen LogP contribution in [0.5, 0.6) is 11.5 Å². The number of aliphatic hydroxyl groups is 1. The molecule has 1 aromatic rings. The molecule has 2 aliphatic heterocycles. The van der Waals surface area contributed by atoms with Crippen molar-refractivity contribution in [2.75, 3.05) is 6.61 Å². The van der Waals surface area contributed by atoms with Crippen LogP contribution in [-0.4, -0.2) is 44.9 Å². The molecular weight excluding hydrogens is 350 g/mol. The summed E-state index contributed by atoms with van der Waals surface area (Å²) in [5, 5.41) is 18.2. The Morgan fingerprint density at radius 2 is 2.04 bits per heavy atom. The van der Waals surface area contributed by atoms with E-state index in [1.165, 1.54) is 17.9 Å². The Balaban J connectivity index is 1.83. The predicted molar refractivity (Wildman–Crippen MR) is 86.5 cm³/mol. The van der Waals surface area contributed by atoms with Gasteiger partial charge >= 0.3 is 11.9 Å². The lowest BCUT2D eigenvalue weighted by Gasteiger charge is -2.41. The van der Waals surface area contributed by atoms with Crippen LogP contribution in [0.25, 0.3) is 0 Å². The lowest BCUT2D eigenvalue weighted by atomic mass is 9.94. The number of amides is 1. The number of benzene rings is 1. The molecular formula is C16H15NO7S. The number of carbonyl (C=O) groups excluding carboxylic acids is 2. The van der Waals surface area contributed by atoms with Gasteiger partial charge in [-0.15, -0.1) is 0 Å². The molecule has 1 aromatic carbocycles. The van der Waals surface area contributed by atoms with Gasteiger partial charge in [-0.1, -0.05) is 17.8 Å². The number of esters is 1. The second-order valence-electron chi connectivity index (χ2n) is 5.45. The first-order chi connectivity index (χ1) is 11.9. The monoisotopic (exact) mass is 365 g/mol. The topological polar surface area (TPSA) is 113 Å². The first-order valence-corrected chi connectivity index (χ1v) is 8.35. The van der Waals surface area contributed by atoms with E-state index >= 15 is 0 Å². The van der Waals surface area contributed by atoms with E-state index in [2.05, 4.69) is 0 Å². The molecule has 132 valence electrons. The third kappa shape index (κ3) is 3.20. The van der Waals surface area contributed by atoms with Crippen molar-refractivity contribution < 1.29 is 34.1 Å². The Morgan fingerprint density at radius 1 is 1.32 bits per heavy atom. The Morgan fingerprint density at radius 3 is 2.68 bits per heavy atom. The minimum Gasteiger partial charge on any atom is -0.476 e. The zero-order chi connectivity index (χ0) is 18.1. The fraction of sp³-hybridized carbons (Fsp3) is 0.312. The van der Waals surface area contributed by atoms with Gasteiger partial charge in [0, 0.05) is 19.6 Å². The van der Waals surface area contributed by atoms with Gasteiger partial charge in [0.15, 0.2) is 10.8 Å². The van der Waals surface area contributed by atoms with Crippen molar-refractivity contribution in [2.24, 2.45) is 5.92 Å². The third-order valence-electron chi connectivity index (χ3n) is 3.74. The van der Waals surface area contributed by atoms with Crippen molar-refractivity contribution in [1.29, 1.82) is 0 Å². The average Bonchev–Trinajstić information content (AvgIpc) is 2.87. The van der Waals surface area contributed by atoms with Gasteiger partial charge in [-0.25, -0.2) is 4.79 Å². The maximum atomic E-state index is 12.1. The van der Waals surface area contributed by atoms with Crippen LogP contribution in [0.4, 0.5) is 0 Å². The molecule has 0 unspecified atom stereocenters. The van der Waals surface area contributed by atoms with E-state index in [1.807, 2.05) is 0 Å². The van der Waals surface area contributed by atoms with E-state index in [0.29, 0.717) is 0 Å². The number of thioether (sulfide) groups is 1. The zero-order valence-corrected chi connectivity index (χ0v) is 14.0. The van der Waals surface area contributed by atoms with Crippen molar-refractivity contribution in [1.82, 2.24) is 4.90 Å². The number of nitrogens with zero attached hydrogens (tertiary/aromatic N) is 1. The van der Waals surface area contributed by atoms with Gasteiger partial charge in [0.1, 0.15) is 16.9 Å². The summed E-state index contributed by atoms with van der Waals surface area (Å²) >= 11 is 1.13. The Labute approximate surface area is 147 Å². The minimum atomic E-state index is -1.27. The summed E-state index contributed by atoms with van der Waals surface area (Å²) in [6.07, 6.45) is 0.273. The number of aliphatic carboxylic acids is 1. The molecule has 0 spiro atoms. The van der Waals surface area contributed by atoms with E-state index in [4.69, 9.17) is 14.6 Å². The van der Waals surface area contributed by atoms with Gasteiger partial charge in [0.05, 0.1) is 5.92 Å². The highest BCUT2D eigenvalue weighted by Gasteiger charge is 2.56. The largest absolute Gasteiger partial charge is 0.476 e. The Bertz CT molecular complexity index is 776. The van der Waals surface area contributed by atoms with Gasteiger partial charge in [-0.2, -0.15) is 0 Å². The van der Waals surface area contributed by atoms with E-state index in [0.717, 1.165) is 11.8 Å². The van der Waals surface area contributed by atoms with E-state index in [-0.39, 0.29) is 41.2 Å². The lowest BCUT2D eigenvalue weighted by Crippen LogP contribution is -2.57. The molecule has 9 heteroatoms. The van der Waals surface area contributed by atoms with Crippen LogP contribution in [0.1, 0.15) is 13.3 Å². The fourth-order valence-electron chi connectivity index (χ4n) is 2.70. The quantitative estimate of drug-likeness (QED) is 0.439. The van der Waals surface area contributed by atoms with Gasteiger partial charge in [-0.05, 0) is 18.6 Å². The molecule has 2 aliphatic rings. The van der Waals surface area contributed by atoms with Crippen molar-refractivity contribution >= 4 is 29.6 Å². The van der Waals surface area contributed by atoms with Crippen LogP contribution in [0.2, 0.25) is 0 Å². The Kier molecular flexibility index (Phi) is 4.69. The Hall–Kier alpha value is -2.52. The van der Waals surface area contributed by atoms with E-state index < -0.39 is 23.2 Å². The second-order valence-corrected chi connectivity index (χ2v) is 6.54. The van der Waals surface area contributed by atoms with Crippen LogP contribution < -0.4 is 9.47 Å². The summed E-state index contributed by atoms with van der Waals surface area (Å²) in [6, 6.07) is 6.21. The van der Waals surface area contributed by atoms with Gasteiger partial charge in [0.25, 0.3) is 0 Å². The van der Waals surface area contributed by atoms with Crippen LogP contribution in [0.3, 0.4) is 0 Å². The maximum absolute atomic E-state index is 12.1. The highest BCUT2D eigenvalue weighted by molar-refractivity contribution is 8.03. The molecule has 1 fully saturated rings. The van der Waals surface area contributed by atoms with E-state index in [9.17, 15) is 19.5 Å². The molecule has 0 aromatic heterocycles. The van der Waals surface area contributed by atoms with Crippen LogP contribution in [-0.2, 0) is 14.4 Å². The van der Waals surface area contributed by atoms with Crippen molar-refractivity contribution in [3.05, 3.63) is 35.1 Å². The van der Waals surface area contributed by atoms with Crippen LogP contribution in [0, 0.1) is 5.92 Å². The first-order valence-electron chi connectivity index (χ1n) is 7.47. The summed E-state index contributed by atoms with van der Waals surface area (Å²) in [4.78, 5) is 35.9. The highest BCUT2D eigenvalue weighted by Crippen LogP contribution is 2.50. The van der Waals surface area contributed by atoms with Gasteiger partial charge in [0.2, 0.25) is 5.91 Å². The van der Waals surface area contributed by atoms with Crippen LogP contribution >= 0.6 is 11.8 Å². The maximum Gasteiger partial charge on any atom is 0.357 e. The number of carbonyl (C=O) groups is 3. The number of hydrogen-bond acceptors (Lipinski definition) is 7. The summed E-state index contributed by atoms with van der Waals surface area (Å²) in [5.41, 5.74) is -0.216. The summed E-state index contributed by atoms with van der Waals surface area (Å²) < 4.78 is 10.6. The molecule has 8 nitrogen and oxygen atoms in total. The number of β-lactam (4-membered cyclic amide) rings is 1. The summed E-state index contributed by atoms with van der Waals surface area (Å²) in [6.45, 7) is 1.12. The number of carboxylic acid groups (broad SMARTS) is 1. The SMILES string of the molecule is CC(=O)Oc1cccc(OC2=C(C(=O)O)N3C(=O)[C@H](CCO)[C@H]3S2)c1. The number of hydrogen-bond donors (Lipinski definition) is 2. The summed E-state index contributed by atoms with van der Waals surface area (Å²) in [7, 11) is 0. The molecule has 3 rings (SSSR count). The highest BCUT2D eigenvalue weighted by atomic mass is 32.2. The molecule has 0 saturated carbocycles. The normalized spacial score (nSPS) is 21.7. The number of fused-ring (bicyclic) bond motifs is 1. The average molecular weight is 365 g/mol. The number of carboxylic acids is 1. The molecule has 1 amide bonds. The third-order valence-corrected chi connectivity index (χ3v) is 5.01. The van der Waals surface area contributed by atoms with Crippen LogP contribution in [0.15, 0.2) is 35.1 Å². The number of ether oxygens (including phenoxy) is 2. The molecule has 2 heterocycles. The second kappa shape index (κ2) is 6.77. The first kappa shape index (κ1) is 17.3. The molecule has 1 saturated heterocycles. The lowest BCUT2D eigenvalue weighted by molar-refractivity contribution is -0.152. The standard InChI is InChI=1S/C16H15NO7S/c1-8(19)23-9-3-2-4-10(7-9)24-16-12(15(21)22)17-13(20)11(5-6-18)14(17)25-16/h2-4,7,11,14,18H,5-6H2,1H3,(H,21,22)/t11-,14+/m0/s1. The van der Waals surface area contributed by atoms with Crippen molar-refractivity contribution in [3.63, 3.8) is 0 Å². The summed E-state index contributed by atoms with van der Waals surface area (Å²) in [5.74, 6) is -1.97. The smallest absolute Gasteiger partial charge is 0.357 e. The van der Waals surface area contributed by atoms with Crippen molar-refractivity contribution in [2.45, 2.75) is 18.7 Å². The van der Waals surface area contributed by atoms with Crippen molar-refractivity contribution in [3.8, 4) is 11.5 Å². The number of rotatable bonds is 6. The molecule has 0 bridgehead atoms. The molecule has 0 radical (unpaired) electrons. The van der Waals surface area contributed by atoms with Gasteiger partial charge < -0.3 is 19.7 Å².